The second-order valence-electron chi connectivity index (χ2n) is 4.00. The molecule has 1 aliphatic heterocycles. The Bertz CT molecular complexity index is 489. The minimum atomic E-state index is -0.278. The van der Waals surface area contributed by atoms with E-state index in [9.17, 15) is 9.59 Å². The predicted molar refractivity (Wildman–Crippen MR) is 70.4 cm³/mol. The number of carbonyl (C=O) groups excluding carboxylic acids is 2. The van der Waals surface area contributed by atoms with Crippen LogP contribution < -0.4 is 0 Å². The number of ether oxygens (including phenoxy) is 1. The third-order valence-electron chi connectivity index (χ3n) is 2.90. The molecule has 0 saturated carbocycles. The van der Waals surface area contributed by atoms with Gasteiger partial charge in [0.1, 0.15) is 4.34 Å². The van der Waals surface area contributed by atoms with Crippen molar-refractivity contribution in [3.63, 3.8) is 0 Å². The molecule has 1 aromatic rings. The molecule has 2 heterocycles. The second-order valence-corrected chi connectivity index (χ2v) is 6.28. The van der Waals surface area contributed by atoms with Gasteiger partial charge in [0.25, 0.3) is 5.91 Å². The third-order valence-corrected chi connectivity index (χ3v) is 4.38. The molecule has 18 heavy (non-hydrogen) atoms. The topological polar surface area (TPSA) is 46.6 Å². The highest BCUT2D eigenvalue weighted by Crippen LogP contribution is 2.33. The van der Waals surface area contributed by atoms with Crippen LogP contribution in [0.2, 0.25) is 8.67 Å². The molecule has 1 atom stereocenters. The smallest absolute Gasteiger partial charge is 0.310 e. The van der Waals surface area contributed by atoms with Gasteiger partial charge >= 0.3 is 5.97 Å². The highest BCUT2D eigenvalue weighted by Gasteiger charge is 2.33. The number of hydrogen-bond acceptors (Lipinski definition) is 4. The summed E-state index contributed by atoms with van der Waals surface area (Å²) in [6, 6.07) is 1.56. The first-order valence-electron chi connectivity index (χ1n) is 5.35. The van der Waals surface area contributed by atoms with E-state index in [4.69, 9.17) is 23.2 Å². The van der Waals surface area contributed by atoms with Gasteiger partial charge in [0.05, 0.1) is 22.9 Å². The van der Waals surface area contributed by atoms with E-state index in [0.29, 0.717) is 33.7 Å². The van der Waals surface area contributed by atoms with Gasteiger partial charge in [-0.25, -0.2) is 0 Å². The highest BCUT2D eigenvalue weighted by molar-refractivity contribution is 7.20. The fraction of sp³-hybridized carbons (Fsp3) is 0.455. The zero-order valence-corrected chi connectivity index (χ0v) is 11.9. The van der Waals surface area contributed by atoms with Crippen LogP contribution in [0.15, 0.2) is 6.07 Å². The van der Waals surface area contributed by atoms with Gasteiger partial charge in [-0.2, -0.15) is 0 Å². The molecular weight excluding hydrogens is 297 g/mol. The van der Waals surface area contributed by atoms with Crippen molar-refractivity contribution in [2.24, 2.45) is 5.92 Å². The van der Waals surface area contributed by atoms with E-state index in [1.807, 2.05) is 0 Å². The molecule has 1 saturated heterocycles. The summed E-state index contributed by atoms with van der Waals surface area (Å²) >= 11 is 12.9. The maximum atomic E-state index is 12.2. The largest absolute Gasteiger partial charge is 0.469 e. The Labute approximate surface area is 118 Å². The van der Waals surface area contributed by atoms with Gasteiger partial charge in [0, 0.05) is 13.1 Å². The number of amides is 1. The van der Waals surface area contributed by atoms with Crippen molar-refractivity contribution in [1.29, 1.82) is 0 Å². The molecule has 0 radical (unpaired) electrons. The zero-order valence-electron chi connectivity index (χ0n) is 9.61. The zero-order chi connectivity index (χ0) is 13.3. The lowest BCUT2D eigenvalue weighted by Gasteiger charge is -2.15. The standard InChI is InChI=1S/C11H11Cl2NO3S/c1-17-11(16)6-2-3-14(5-6)10(15)7-4-8(12)18-9(7)13/h4,6H,2-3,5H2,1H3. The molecule has 1 aliphatic rings. The quantitative estimate of drug-likeness (QED) is 0.789. The molecule has 1 fully saturated rings. The Morgan fingerprint density at radius 2 is 2.22 bits per heavy atom. The fourth-order valence-corrected chi connectivity index (χ4v) is 3.41. The van der Waals surface area contributed by atoms with Gasteiger partial charge < -0.3 is 9.64 Å². The summed E-state index contributed by atoms with van der Waals surface area (Å²) in [6.45, 7) is 0.900. The first kappa shape index (κ1) is 13.6. The monoisotopic (exact) mass is 307 g/mol. The van der Waals surface area contributed by atoms with Crippen molar-refractivity contribution in [2.75, 3.05) is 20.2 Å². The van der Waals surface area contributed by atoms with E-state index in [-0.39, 0.29) is 17.8 Å². The van der Waals surface area contributed by atoms with E-state index >= 15 is 0 Å². The molecule has 1 unspecified atom stereocenters. The van der Waals surface area contributed by atoms with Crippen molar-refractivity contribution in [1.82, 2.24) is 4.90 Å². The second kappa shape index (κ2) is 5.47. The number of rotatable bonds is 2. The van der Waals surface area contributed by atoms with Crippen LogP contribution in [0.3, 0.4) is 0 Å². The fourth-order valence-electron chi connectivity index (χ4n) is 1.96. The predicted octanol–water partition coefficient (Wildman–Crippen LogP) is 2.69. The molecule has 0 aliphatic carbocycles. The average molecular weight is 308 g/mol. The lowest BCUT2D eigenvalue weighted by molar-refractivity contribution is -0.144. The van der Waals surface area contributed by atoms with Crippen LogP contribution in [0.25, 0.3) is 0 Å². The van der Waals surface area contributed by atoms with Gasteiger partial charge in [-0.15, -0.1) is 11.3 Å². The normalized spacial score (nSPS) is 19.1. The molecule has 98 valence electrons. The summed E-state index contributed by atoms with van der Waals surface area (Å²) in [5.74, 6) is -0.707. The SMILES string of the molecule is COC(=O)C1CCN(C(=O)c2cc(Cl)sc2Cl)C1. The molecule has 0 bridgehead atoms. The van der Waals surface area contributed by atoms with E-state index in [2.05, 4.69) is 4.74 Å². The van der Waals surface area contributed by atoms with Crippen LogP contribution >= 0.6 is 34.5 Å². The molecule has 0 aromatic carbocycles. The van der Waals surface area contributed by atoms with Crippen molar-refractivity contribution in [3.8, 4) is 0 Å². The number of carbonyl (C=O) groups is 2. The first-order valence-corrected chi connectivity index (χ1v) is 6.92. The highest BCUT2D eigenvalue weighted by atomic mass is 35.5. The minimum Gasteiger partial charge on any atom is -0.469 e. The number of halogens is 2. The maximum Gasteiger partial charge on any atom is 0.310 e. The van der Waals surface area contributed by atoms with Gasteiger partial charge in [0.2, 0.25) is 0 Å². The number of likely N-dealkylation sites (tertiary alicyclic amines) is 1. The Morgan fingerprint density at radius 3 is 2.78 bits per heavy atom. The van der Waals surface area contributed by atoms with E-state index in [1.165, 1.54) is 7.11 Å². The summed E-state index contributed by atoms with van der Waals surface area (Å²) in [5, 5.41) is 0. The first-order chi connectivity index (χ1) is 8.52. The van der Waals surface area contributed by atoms with Crippen molar-refractivity contribution < 1.29 is 14.3 Å². The average Bonchev–Trinajstić information content (AvgIpc) is 2.94. The Balaban J connectivity index is 2.08. The lowest BCUT2D eigenvalue weighted by atomic mass is 10.1. The number of thiophene rings is 1. The number of hydrogen-bond donors (Lipinski definition) is 0. The van der Waals surface area contributed by atoms with Crippen molar-refractivity contribution in [2.45, 2.75) is 6.42 Å². The molecule has 7 heteroatoms. The molecule has 1 aromatic heterocycles. The molecule has 1 amide bonds. The van der Waals surface area contributed by atoms with E-state index in [1.54, 1.807) is 11.0 Å². The Kier molecular flexibility index (Phi) is 4.14. The minimum absolute atomic E-state index is 0.186. The van der Waals surface area contributed by atoms with Gasteiger partial charge in [-0.3, -0.25) is 9.59 Å². The summed E-state index contributed by atoms with van der Waals surface area (Å²) < 4.78 is 5.53. The van der Waals surface area contributed by atoms with E-state index in [0.717, 1.165) is 11.3 Å². The van der Waals surface area contributed by atoms with Gasteiger partial charge in [-0.05, 0) is 12.5 Å². The van der Waals surface area contributed by atoms with E-state index < -0.39 is 0 Å². The Morgan fingerprint density at radius 1 is 1.50 bits per heavy atom. The van der Waals surface area contributed by atoms with Crippen molar-refractivity contribution in [3.05, 3.63) is 20.3 Å². The van der Waals surface area contributed by atoms with Crippen LogP contribution in [-0.4, -0.2) is 37.0 Å². The Hall–Kier alpha value is -0.780. The van der Waals surface area contributed by atoms with Crippen molar-refractivity contribution >= 4 is 46.4 Å². The lowest BCUT2D eigenvalue weighted by Crippen LogP contribution is -2.30. The summed E-state index contributed by atoms with van der Waals surface area (Å²) in [6.07, 6.45) is 0.619. The van der Waals surface area contributed by atoms with Crippen LogP contribution in [0.1, 0.15) is 16.8 Å². The van der Waals surface area contributed by atoms with Crippen LogP contribution in [-0.2, 0) is 9.53 Å². The molecular formula is C11H11Cl2NO3S. The summed E-state index contributed by atoms with van der Waals surface area (Å²) in [7, 11) is 1.35. The molecule has 4 nitrogen and oxygen atoms in total. The number of nitrogens with zero attached hydrogens (tertiary/aromatic N) is 1. The van der Waals surface area contributed by atoms with Crippen LogP contribution in [0, 0.1) is 5.92 Å². The van der Waals surface area contributed by atoms with Gasteiger partial charge in [0.15, 0.2) is 0 Å². The summed E-state index contributed by atoms with van der Waals surface area (Å²) in [5.41, 5.74) is 0.400. The van der Waals surface area contributed by atoms with Crippen LogP contribution in [0.5, 0.6) is 0 Å². The number of esters is 1. The van der Waals surface area contributed by atoms with Gasteiger partial charge in [-0.1, -0.05) is 23.2 Å². The number of methoxy groups -OCH3 is 1. The third kappa shape index (κ3) is 2.63. The van der Waals surface area contributed by atoms with Crippen LogP contribution in [0.4, 0.5) is 0 Å². The summed E-state index contributed by atoms with van der Waals surface area (Å²) in [4.78, 5) is 25.2. The maximum absolute atomic E-state index is 12.2. The molecule has 0 N–H and O–H groups in total. The molecule has 0 spiro atoms. The molecule has 2 rings (SSSR count).